The van der Waals surface area contributed by atoms with Crippen molar-refractivity contribution in [3.05, 3.63) is 212 Å². The van der Waals surface area contributed by atoms with Gasteiger partial charge in [-0.05, 0) is 119 Å². The molecular formula is C50H36N4O2. The summed E-state index contributed by atoms with van der Waals surface area (Å²) in [4.78, 5) is 25.0. The third kappa shape index (κ3) is 11.1. The Labute approximate surface area is 327 Å². The second kappa shape index (κ2) is 18.2. The Morgan fingerprint density at radius 3 is 0.554 bits per heavy atom. The number of benzene rings is 6. The molecule has 4 N–H and O–H groups in total. The summed E-state index contributed by atoms with van der Waals surface area (Å²) in [5.41, 5.74) is 11.0. The molecule has 6 aromatic carbocycles. The monoisotopic (exact) mass is 724 g/mol. The van der Waals surface area contributed by atoms with Gasteiger partial charge in [-0.15, -0.1) is 0 Å². The molecule has 0 saturated carbocycles. The van der Waals surface area contributed by atoms with Gasteiger partial charge in [-0.25, -0.2) is 9.59 Å². The molecule has 0 spiro atoms. The number of carbonyl (C=O) groups excluding carboxylic acids is 2. The van der Waals surface area contributed by atoms with Crippen LogP contribution in [-0.4, -0.2) is 12.1 Å². The maximum Gasteiger partial charge on any atom is 0.315 e. The van der Waals surface area contributed by atoms with Gasteiger partial charge in [0.15, 0.2) is 0 Å². The zero-order valence-electron chi connectivity index (χ0n) is 30.5. The molecule has 0 unspecified atom stereocenters. The van der Waals surface area contributed by atoms with Gasteiger partial charge in [0.05, 0.1) is 0 Å². The molecule has 10 aliphatic rings. The Bertz CT molecular complexity index is 2210. The van der Waals surface area contributed by atoms with Crippen molar-refractivity contribution in [2.75, 3.05) is 0 Å². The summed E-state index contributed by atoms with van der Waals surface area (Å²) in [7, 11) is 0. The first-order valence-electron chi connectivity index (χ1n) is 18.2. The maximum atomic E-state index is 12.5. The van der Waals surface area contributed by atoms with Crippen molar-refractivity contribution in [2.45, 2.75) is 26.2 Å². The second-order valence-electron chi connectivity index (χ2n) is 13.0. The number of amides is 4. The van der Waals surface area contributed by atoms with Crippen molar-refractivity contribution in [1.29, 1.82) is 0 Å². The van der Waals surface area contributed by atoms with Crippen LogP contribution in [-0.2, 0) is 26.2 Å². The van der Waals surface area contributed by atoms with E-state index >= 15 is 0 Å². The van der Waals surface area contributed by atoms with Crippen LogP contribution in [0.1, 0.15) is 66.8 Å². The summed E-state index contributed by atoms with van der Waals surface area (Å²) in [6, 6.07) is 46.5. The fraction of sp³-hybridized carbons (Fsp3) is 0.0800. The zero-order chi connectivity index (χ0) is 38.4. The van der Waals surface area contributed by atoms with Crippen LogP contribution in [0.5, 0.6) is 0 Å². The highest BCUT2D eigenvalue weighted by molar-refractivity contribution is 5.74. The topological polar surface area (TPSA) is 82.3 Å². The number of rotatable bonds is 0. The average molecular weight is 725 g/mol. The minimum Gasteiger partial charge on any atom is -0.334 e. The van der Waals surface area contributed by atoms with Gasteiger partial charge >= 0.3 is 12.1 Å². The molecule has 0 aliphatic carbocycles. The van der Waals surface area contributed by atoms with E-state index in [0.717, 1.165) is 66.8 Å². The van der Waals surface area contributed by atoms with E-state index in [1.807, 2.05) is 146 Å². The summed E-state index contributed by atoms with van der Waals surface area (Å²) in [6.07, 6.45) is 0. The van der Waals surface area contributed by atoms with Gasteiger partial charge < -0.3 is 21.3 Å². The first kappa shape index (κ1) is 36.5. The molecule has 0 aromatic heterocycles. The number of hydrogen-bond donors (Lipinski definition) is 4. The van der Waals surface area contributed by atoms with Crippen LogP contribution >= 0.6 is 0 Å². The van der Waals surface area contributed by atoms with Crippen molar-refractivity contribution in [3.63, 3.8) is 0 Å². The summed E-state index contributed by atoms with van der Waals surface area (Å²) in [6.45, 7) is 1.60. The average Bonchev–Trinajstić information content (AvgIpc) is 3.25. The van der Waals surface area contributed by atoms with Crippen molar-refractivity contribution < 1.29 is 9.59 Å². The van der Waals surface area contributed by atoms with Crippen LogP contribution in [0.15, 0.2) is 146 Å². The third-order valence-electron chi connectivity index (χ3n) is 8.80. The fourth-order valence-corrected chi connectivity index (χ4v) is 5.53. The summed E-state index contributed by atoms with van der Waals surface area (Å²) in [5, 5.41) is 11.7. The second-order valence-corrected chi connectivity index (χ2v) is 13.0. The largest absolute Gasteiger partial charge is 0.334 e. The lowest BCUT2D eigenvalue weighted by molar-refractivity contribution is 0.239. The number of nitrogens with one attached hydrogen (secondary N) is 4. The lowest BCUT2D eigenvalue weighted by atomic mass is 10.1. The van der Waals surface area contributed by atoms with E-state index in [1.54, 1.807) is 0 Å². The lowest BCUT2D eigenvalue weighted by Gasteiger charge is -2.08. The molecule has 268 valence electrons. The highest BCUT2D eigenvalue weighted by Crippen LogP contribution is 2.10. The van der Waals surface area contributed by atoms with Crippen molar-refractivity contribution in [2.24, 2.45) is 0 Å². The third-order valence-corrected chi connectivity index (χ3v) is 8.80. The van der Waals surface area contributed by atoms with Crippen LogP contribution in [0.3, 0.4) is 0 Å². The molecule has 6 nitrogen and oxygen atoms in total. The number of hydrogen-bond acceptors (Lipinski definition) is 2. The van der Waals surface area contributed by atoms with E-state index in [0.29, 0.717) is 26.2 Å². The van der Waals surface area contributed by atoms with E-state index in [1.165, 1.54) is 0 Å². The predicted molar refractivity (Wildman–Crippen MR) is 221 cm³/mol. The van der Waals surface area contributed by atoms with E-state index in [2.05, 4.69) is 68.6 Å². The number of carbonyl (C=O) groups is 2. The maximum absolute atomic E-state index is 12.5. The van der Waals surface area contributed by atoms with Gasteiger partial charge in [0.2, 0.25) is 0 Å². The molecule has 0 atom stereocenters. The molecule has 4 amide bonds. The van der Waals surface area contributed by atoms with Crippen molar-refractivity contribution >= 4 is 12.1 Å². The SMILES string of the molecule is O=C1NCc2ccc(cc2)C#Cc2ccc(cc2)C#Cc2ccc(cc2)CNC(=O)NCc2ccc(cc2)C#Cc2ccc(cc2)C#Cc2ccc(cc2)CN1. The van der Waals surface area contributed by atoms with Crippen LogP contribution in [0.25, 0.3) is 0 Å². The number of urea groups is 2. The van der Waals surface area contributed by atoms with Gasteiger partial charge in [-0.3, -0.25) is 0 Å². The molecule has 0 fully saturated rings. The minimum atomic E-state index is -0.241. The van der Waals surface area contributed by atoms with Crippen LogP contribution in [0.4, 0.5) is 9.59 Å². The molecule has 6 heteroatoms. The highest BCUT2D eigenvalue weighted by atomic mass is 16.2. The van der Waals surface area contributed by atoms with Gasteiger partial charge in [-0.2, -0.15) is 0 Å². The lowest BCUT2D eigenvalue weighted by Crippen LogP contribution is -2.34. The molecule has 12 bridgehead atoms. The fourth-order valence-electron chi connectivity index (χ4n) is 5.53. The van der Waals surface area contributed by atoms with E-state index in [9.17, 15) is 9.59 Å². The smallest absolute Gasteiger partial charge is 0.315 e. The highest BCUT2D eigenvalue weighted by Gasteiger charge is 2.04. The zero-order valence-corrected chi connectivity index (χ0v) is 30.5. The van der Waals surface area contributed by atoms with Crippen molar-refractivity contribution in [1.82, 2.24) is 21.3 Å². The Kier molecular flexibility index (Phi) is 11.9. The molecule has 56 heavy (non-hydrogen) atoms. The summed E-state index contributed by atoms with van der Waals surface area (Å²) in [5.74, 6) is 25.6. The van der Waals surface area contributed by atoms with Crippen LogP contribution in [0.2, 0.25) is 0 Å². The quantitative estimate of drug-likeness (QED) is 0.122. The minimum absolute atomic E-state index is 0.241. The molecule has 10 heterocycles. The molecule has 0 radical (unpaired) electrons. The molecule has 6 aromatic rings. The van der Waals surface area contributed by atoms with Gasteiger partial charge in [0.1, 0.15) is 0 Å². The predicted octanol–water partition coefficient (Wildman–Crippen LogP) is 7.60. The van der Waals surface area contributed by atoms with Crippen LogP contribution in [0, 0.1) is 47.4 Å². The summed E-state index contributed by atoms with van der Waals surface area (Å²) >= 11 is 0. The Morgan fingerprint density at radius 1 is 0.250 bits per heavy atom. The van der Waals surface area contributed by atoms with E-state index in [-0.39, 0.29) is 12.1 Å². The Balaban J connectivity index is 1.02. The van der Waals surface area contributed by atoms with Gasteiger partial charge in [0.25, 0.3) is 0 Å². The first-order chi connectivity index (χ1) is 27.5. The Hall–Kier alpha value is -7.90. The van der Waals surface area contributed by atoms with Crippen molar-refractivity contribution in [3.8, 4) is 47.4 Å². The normalized spacial score (nSPS) is 12.6. The van der Waals surface area contributed by atoms with Crippen LogP contribution < -0.4 is 21.3 Å². The van der Waals surface area contributed by atoms with E-state index < -0.39 is 0 Å². The van der Waals surface area contributed by atoms with Gasteiger partial charge in [-0.1, -0.05) is 95.9 Å². The first-order valence-corrected chi connectivity index (χ1v) is 18.2. The molecule has 0 saturated heterocycles. The standard InChI is InChI=1S/C50H36N4O2/c55-49-51-33-45-25-17-41(18-26-45)13-9-37-1-2-38(4-3-37)10-14-42-19-27-46(28-20-42)34-52-50(56)54-36-48-31-23-44(24-32-48)16-12-40-7-5-39(6-8-40)11-15-43-21-29-47(30-22-43)35-53-49/h1-8,17-32H,33-36H2,(H2,51,53,55)(H2,52,54,56). The Morgan fingerprint density at radius 2 is 0.393 bits per heavy atom. The van der Waals surface area contributed by atoms with Gasteiger partial charge in [0, 0.05) is 70.7 Å². The molecule has 10 aliphatic heterocycles. The molecular weight excluding hydrogens is 689 g/mol. The molecule has 16 rings (SSSR count). The summed E-state index contributed by atoms with van der Waals surface area (Å²) < 4.78 is 0. The van der Waals surface area contributed by atoms with E-state index in [4.69, 9.17) is 0 Å².